The Morgan fingerprint density at radius 1 is 1.12 bits per heavy atom. The molecule has 0 bridgehead atoms. The van der Waals surface area contributed by atoms with Crippen molar-refractivity contribution in [2.45, 2.75) is 33.2 Å². The Hall–Kier alpha value is -2.82. The third kappa shape index (κ3) is 2.97. The van der Waals surface area contributed by atoms with Crippen LogP contribution < -0.4 is 15.7 Å². The fourth-order valence-electron chi connectivity index (χ4n) is 3.02. The molecule has 0 saturated carbocycles. The topological polar surface area (TPSA) is 68.5 Å². The fourth-order valence-corrected chi connectivity index (χ4v) is 3.02. The number of benzene rings is 2. The fraction of sp³-hybridized carbons (Fsp3) is 0.300. The second kappa shape index (κ2) is 5.92. The van der Waals surface area contributed by atoms with Crippen LogP contribution in [0.2, 0.25) is 0 Å². The number of carbonyl (C=O) groups excluding carboxylic acids is 1. The number of amides is 1. The van der Waals surface area contributed by atoms with E-state index in [4.69, 9.17) is 9.15 Å². The van der Waals surface area contributed by atoms with Gasteiger partial charge in [0.05, 0.1) is 17.9 Å². The minimum Gasteiger partial charge on any atom is -0.496 e. The Morgan fingerprint density at radius 3 is 2.48 bits per heavy atom. The number of hydrogen-bond donors (Lipinski definition) is 1. The molecule has 0 spiro atoms. The van der Waals surface area contributed by atoms with E-state index in [-0.39, 0.29) is 11.4 Å². The summed E-state index contributed by atoms with van der Waals surface area (Å²) >= 11 is 0. The molecular weight excluding hydrogens is 318 g/mol. The molecule has 0 atom stereocenters. The predicted octanol–water partition coefficient (Wildman–Crippen LogP) is 3.79. The highest BCUT2D eigenvalue weighted by Gasteiger charge is 2.20. The summed E-state index contributed by atoms with van der Waals surface area (Å²) < 4.78 is 10.9. The van der Waals surface area contributed by atoms with E-state index in [0.29, 0.717) is 33.2 Å². The first-order chi connectivity index (χ1) is 11.7. The minimum absolute atomic E-state index is 0.216. The maximum absolute atomic E-state index is 12.6. The van der Waals surface area contributed by atoms with E-state index in [0.717, 1.165) is 5.39 Å². The van der Waals surface area contributed by atoms with E-state index in [2.05, 4.69) is 5.32 Å². The van der Waals surface area contributed by atoms with Crippen LogP contribution in [0.5, 0.6) is 5.75 Å². The van der Waals surface area contributed by atoms with Crippen molar-refractivity contribution < 1.29 is 13.9 Å². The van der Waals surface area contributed by atoms with E-state index < -0.39 is 5.63 Å². The van der Waals surface area contributed by atoms with Crippen LogP contribution in [0.3, 0.4) is 0 Å². The van der Waals surface area contributed by atoms with Gasteiger partial charge in [-0.1, -0.05) is 12.1 Å². The molecule has 0 fully saturated rings. The number of nitrogens with one attached hydrogen (secondary N) is 1. The molecule has 130 valence electrons. The molecule has 5 nitrogen and oxygen atoms in total. The van der Waals surface area contributed by atoms with Crippen LogP contribution in [0.15, 0.2) is 39.5 Å². The Balaban J connectivity index is 2.33. The number of methoxy groups -OCH3 is 1. The average molecular weight is 339 g/mol. The standard InChI is InChI=1S/C20H21NO4/c1-11-12(18(22)21-20(2,3)4)9-10-13-16(11)19(23)25-15-8-6-7-14(24-5)17(13)15/h6-10H,1-5H3,(H,21,22). The molecule has 1 N–H and O–H groups in total. The van der Waals surface area contributed by atoms with Gasteiger partial charge in [0.15, 0.2) is 0 Å². The molecule has 5 heteroatoms. The summed E-state index contributed by atoms with van der Waals surface area (Å²) in [4.78, 5) is 25.1. The van der Waals surface area contributed by atoms with Crippen molar-refractivity contribution in [3.05, 3.63) is 51.9 Å². The summed E-state index contributed by atoms with van der Waals surface area (Å²) in [7, 11) is 1.57. The van der Waals surface area contributed by atoms with Gasteiger partial charge < -0.3 is 14.5 Å². The quantitative estimate of drug-likeness (QED) is 0.570. The van der Waals surface area contributed by atoms with E-state index in [1.165, 1.54) is 0 Å². The lowest BCUT2D eigenvalue weighted by Crippen LogP contribution is -2.40. The van der Waals surface area contributed by atoms with Gasteiger partial charge in [-0.15, -0.1) is 0 Å². The molecule has 25 heavy (non-hydrogen) atoms. The SMILES string of the molecule is COc1cccc2oc(=O)c3c(C)c(C(=O)NC(C)(C)C)ccc3c12. The molecule has 3 rings (SSSR count). The largest absolute Gasteiger partial charge is 0.496 e. The number of rotatable bonds is 2. The van der Waals surface area contributed by atoms with Crippen molar-refractivity contribution in [1.82, 2.24) is 5.32 Å². The first-order valence-corrected chi connectivity index (χ1v) is 8.08. The number of ether oxygens (including phenoxy) is 1. The molecule has 3 aromatic rings. The van der Waals surface area contributed by atoms with Crippen molar-refractivity contribution in [2.75, 3.05) is 7.11 Å². The summed E-state index contributed by atoms with van der Waals surface area (Å²) in [5.74, 6) is 0.406. The highest BCUT2D eigenvalue weighted by molar-refractivity contribution is 6.11. The number of carbonyl (C=O) groups is 1. The molecule has 1 amide bonds. The van der Waals surface area contributed by atoms with E-state index in [1.807, 2.05) is 26.8 Å². The number of aryl methyl sites for hydroxylation is 1. The average Bonchev–Trinajstić information content (AvgIpc) is 2.52. The summed E-state index contributed by atoms with van der Waals surface area (Å²) in [6.07, 6.45) is 0. The smallest absolute Gasteiger partial charge is 0.344 e. The third-order valence-corrected chi connectivity index (χ3v) is 4.08. The lowest BCUT2D eigenvalue weighted by Gasteiger charge is -2.21. The Morgan fingerprint density at radius 2 is 1.84 bits per heavy atom. The molecule has 2 aromatic carbocycles. The molecule has 0 saturated heterocycles. The highest BCUT2D eigenvalue weighted by Crippen LogP contribution is 2.33. The zero-order chi connectivity index (χ0) is 18.4. The minimum atomic E-state index is -0.460. The van der Waals surface area contributed by atoms with Gasteiger partial charge in [0.1, 0.15) is 11.3 Å². The molecule has 1 heterocycles. The number of hydrogen-bond acceptors (Lipinski definition) is 4. The summed E-state index contributed by atoms with van der Waals surface area (Å²) in [6.45, 7) is 7.49. The van der Waals surface area contributed by atoms with Crippen LogP contribution >= 0.6 is 0 Å². The Labute approximate surface area is 145 Å². The van der Waals surface area contributed by atoms with Gasteiger partial charge in [-0.3, -0.25) is 4.79 Å². The Bertz CT molecular complexity index is 1040. The molecular formula is C20H21NO4. The van der Waals surface area contributed by atoms with Gasteiger partial charge in [0, 0.05) is 16.5 Å². The van der Waals surface area contributed by atoms with E-state index in [1.54, 1.807) is 38.3 Å². The van der Waals surface area contributed by atoms with Crippen LogP contribution in [-0.4, -0.2) is 18.6 Å². The zero-order valence-corrected chi connectivity index (χ0v) is 15.0. The van der Waals surface area contributed by atoms with Crippen LogP contribution in [0, 0.1) is 6.92 Å². The van der Waals surface area contributed by atoms with Gasteiger partial charge in [0.25, 0.3) is 5.91 Å². The lowest BCUT2D eigenvalue weighted by atomic mass is 9.97. The molecule has 0 aliphatic carbocycles. The highest BCUT2D eigenvalue weighted by atomic mass is 16.5. The first kappa shape index (κ1) is 17.0. The summed E-state index contributed by atoms with van der Waals surface area (Å²) in [5.41, 5.74) is 0.696. The van der Waals surface area contributed by atoms with Gasteiger partial charge in [-0.05, 0) is 51.5 Å². The van der Waals surface area contributed by atoms with Crippen molar-refractivity contribution in [3.63, 3.8) is 0 Å². The van der Waals surface area contributed by atoms with Crippen LogP contribution in [0.25, 0.3) is 21.7 Å². The van der Waals surface area contributed by atoms with E-state index in [9.17, 15) is 9.59 Å². The molecule has 0 unspecified atom stereocenters. The van der Waals surface area contributed by atoms with Crippen LogP contribution in [0.1, 0.15) is 36.7 Å². The van der Waals surface area contributed by atoms with Crippen molar-refractivity contribution in [2.24, 2.45) is 0 Å². The van der Waals surface area contributed by atoms with Crippen molar-refractivity contribution >= 4 is 27.6 Å². The number of fused-ring (bicyclic) bond motifs is 3. The molecule has 0 aliphatic rings. The predicted molar refractivity (Wildman–Crippen MR) is 98.5 cm³/mol. The third-order valence-electron chi connectivity index (χ3n) is 4.08. The van der Waals surface area contributed by atoms with Crippen LogP contribution in [-0.2, 0) is 0 Å². The normalized spacial score (nSPS) is 11.7. The lowest BCUT2D eigenvalue weighted by molar-refractivity contribution is 0.0919. The van der Waals surface area contributed by atoms with Gasteiger partial charge >= 0.3 is 5.63 Å². The first-order valence-electron chi connectivity index (χ1n) is 8.08. The molecule has 1 aromatic heterocycles. The molecule has 0 aliphatic heterocycles. The summed E-state index contributed by atoms with van der Waals surface area (Å²) in [6, 6.07) is 8.84. The van der Waals surface area contributed by atoms with Crippen LogP contribution in [0.4, 0.5) is 0 Å². The van der Waals surface area contributed by atoms with Gasteiger partial charge in [-0.25, -0.2) is 4.79 Å². The van der Waals surface area contributed by atoms with Crippen molar-refractivity contribution in [1.29, 1.82) is 0 Å². The maximum Gasteiger partial charge on any atom is 0.344 e. The van der Waals surface area contributed by atoms with Gasteiger partial charge in [-0.2, -0.15) is 0 Å². The van der Waals surface area contributed by atoms with E-state index >= 15 is 0 Å². The maximum atomic E-state index is 12.6. The van der Waals surface area contributed by atoms with Gasteiger partial charge in [0.2, 0.25) is 0 Å². The zero-order valence-electron chi connectivity index (χ0n) is 15.0. The Kier molecular flexibility index (Phi) is 4.03. The van der Waals surface area contributed by atoms with Crippen molar-refractivity contribution in [3.8, 4) is 5.75 Å². The second-order valence-corrected chi connectivity index (χ2v) is 7.09. The second-order valence-electron chi connectivity index (χ2n) is 7.09. The molecule has 0 radical (unpaired) electrons. The summed E-state index contributed by atoms with van der Waals surface area (Å²) in [5, 5.41) is 4.77. The monoisotopic (exact) mass is 339 g/mol.